The van der Waals surface area contributed by atoms with E-state index < -0.39 is 0 Å². The first-order chi connectivity index (χ1) is 8.54. The summed E-state index contributed by atoms with van der Waals surface area (Å²) in [5.41, 5.74) is 12.4. The van der Waals surface area contributed by atoms with Crippen LogP contribution in [0.1, 0.15) is 16.3 Å². The molecule has 6 nitrogen and oxygen atoms in total. The lowest BCUT2D eigenvalue weighted by Crippen LogP contribution is -2.20. The number of thiophene rings is 1. The van der Waals surface area contributed by atoms with Crippen molar-refractivity contribution in [3.05, 3.63) is 27.7 Å². The summed E-state index contributed by atoms with van der Waals surface area (Å²) in [6.07, 6.45) is 0. The van der Waals surface area contributed by atoms with Crippen LogP contribution in [0.2, 0.25) is 0 Å². The Morgan fingerprint density at radius 2 is 1.83 bits per heavy atom. The molecule has 0 spiro atoms. The van der Waals surface area contributed by atoms with Gasteiger partial charge in [0.2, 0.25) is 11.9 Å². The lowest BCUT2D eigenvalue weighted by atomic mass is 10.3. The molecule has 0 bridgehead atoms. The highest BCUT2D eigenvalue weighted by molar-refractivity contribution is 7.10. The van der Waals surface area contributed by atoms with E-state index in [1.54, 1.807) is 11.3 Å². The van der Waals surface area contributed by atoms with Gasteiger partial charge in [0.25, 0.3) is 0 Å². The van der Waals surface area contributed by atoms with Crippen LogP contribution >= 0.6 is 11.3 Å². The van der Waals surface area contributed by atoms with Crippen LogP contribution in [0.5, 0.6) is 0 Å². The fourth-order valence-electron chi connectivity index (χ4n) is 1.64. The molecular weight excluding hydrogens is 248 g/mol. The smallest absolute Gasteiger partial charge is 0.225 e. The molecule has 2 heterocycles. The van der Waals surface area contributed by atoms with Crippen LogP contribution in [0.4, 0.5) is 11.9 Å². The van der Waals surface area contributed by atoms with Crippen LogP contribution in [0.25, 0.3) is 0 Å². The molecule has 2 aromatic heterocycles. The zero-order valence-electron chi connectivity index (χ0n) is 10.4. The van der Waals surface area contributed by atoms with Crippen molar-refractivity contribution < 1.29 is 0 Å². The van der Waals surface area contributed by atoms with E-state index in [1.807, 2.05) is 7.05 Å². The highest BCUT2D eigenvalue weighted by atomic mass is 32.1. The van der Waals surface area contributed by atoms with E-state index in [4.69, 9.17) is 11.5 Å². The molecule has 0 fully saturated rings. The van der Waals surface area contributed by atoms with Crippen LogP contribution in [-0.4, -0.2) is 26.9 Å². The van der Waals surface area contributed by atoms with E-state index in [-0.39, 0.29) is 11.9 Å². The van der Waals surface area contributed by atoms with Crippen molar-refractivity contribution in [3.63, 3.8) is 0 Å². The summed E-state index contributed by atoms with van der Waals surface area (Å²) in [6, 6.07) is 2.12. The van der Waals surface area contributed by atoms with Gasteiger partial charge in [-0.15, -0.1) is 11.3 Å². The van der Waals surface area contributed by atoms with Crippen LogP contribution in [0.3, 0.4) is 0 Å². The number of aryl methyl sites for hydroxylation is 1. The molecule has 18 heavy (non-hydrogen) atoms. The standard InChI is InChI=1S/C11H16N6S/c1-7-3-4-18-8(7)5-17(2)6-9-14-10(12)16-11(13)15-9/h3-4H,5-6H2,1-2H3,(H4,12,13,14,15,16). The second-order valence-electron chi connectivity index (χ2n) is 4.17. The Hall–Kier alpha value is -1.73. The SMILES string of the molecule is Cc1ccsc1CN(C)Cc1nc(N)nc(N)n1. The quantitative estimate of drug-likeness (QED) is 0.857. The van der Waals surface area contributed by atoms with E-state index in [2.05, 4.69) is 38.2 Å². The van der Waals surface area contributed by atoms with E-state index in [1.165, 1.54) is 10.4 Å². The Kier molecular flexibility index (Phi) is 3.73. The number of aromatic nitrogens is 3. The summed E-state index contributed by atoms with van der Waals surface area (Å²) < 4.78 is 0. The van der Waals surface area contributed by atoms with Gasteiger partial charge in [0, 0.05) is 11.4 Å². The minimum atomic E-state index is 0.165. The molecule has 0 aromatic carbocycles. The number of nitrogen functional groups attached to an aromatic ring is 2. The van der Waals surface area contributed by atoms with Gasteiger partial charge in [0.05, 0.1) is 6.54 Å². The van der Waals surface area contributed by atoms with E-state index >= 15 is 0 Å². The third-order valence-electron chi connectivity index (χ3n) is 2.51. The lowest BCUT2D eigenvalue weighted by Gasteiger charge is -2.15. The van der Waals surface area contributed by atoms with E-state index in [0.29, 0.717) is 12.4 Å². The van der Waals surface area contributed by atoms with Crippen molar-refractivity contribution in [3.8, 4) is 0 Å². The summed E-state index contributed by atoms with van der Waals surface area (Å²) >= 11 is 1.75. The predicted octanol–water partition coefficient (Wildman–Crippen LogP) is 1.04. The maximum atomic E-state index is 5.54. The molecular formula is C11H16N6S. The second-order valence-corrected chi connectivity index (χ2v) is 5.17. The first-order valence-electron chi connectivity index (χ1n) is 5.52. The Bertz CT molecular complexity index is 518. The van der Waals surface area contributed by atoms with Crippen LogP contribution in [-0.2, 0) is 13.1 Å². The first kappa shape index (κ1) is 12.7. The van der Waals surface area contributed by atoms with Gasteiger partial charge in [-0.1, -0.05) is 0 Å². The van der Waals surface area contributed by atoms with Crippen LogP contribution < -0.4 is 11.5 Å². The average Bonchev–Trinajstić information content (AvgIpc) is 2.62. The van der Waals surface area contributed by atoms with Gasteiger partial charge in [0.15, 0.2) is 0 Å². The summed E-state index contributed by atoms with van der Waals surface area (Å²) in [7, 11) is 2.01. The van der Waals surface area contributed by atoms with Gasteiger partial charge >= 0.3 is 0 Å². The number of hydrogen-bond donors (Lipinski definition) is 2. The van der Waals surface area contributed by atoms with Crippen molar-refractivity contribution in [1.29, 1.82) is 0 Å². The monoisotopic (exact) mass is 264 g/mol. The molecule has 96 valence electrons. The molecule has 7 heteroatoms. The van der Waals surface area contributed by atoms with Gasteiger partial charge < -0.3 is 11.5 Å². The van der Waals surface area contributed by atoms with Gasteiger partial charge in [-0.2, -0.15) is 15.0 Å². The fourth-order valence-corrected chi connectivity index (χ4v) is 2.62. The third-order valence-corrected chi connectivity index (χ3v) is 3.52. The summed E-state index contributed by atoms with van der Waals surface area (Å²) in [5.74, 6) is 0.924. The molecule has 0 atom stereocenters. The number of nitrogens with zero attached hydrogens (tertiary/aromatic N) is 4. The van der Waals surface area contributed by atoms with Gasteiger partial charge in [0.1, 0.15) is 5.82 Å². The second kappa shape index (κ2) is 5.28. The van der Waals surface area contributed by atoms with Crippen LogP contribution in [0, 0.1) is 6.92 Å². The molecule has 2 aromatic rings. The molecule has 0 saturated carbocycles. The number of rotatable bonds is 4. The highest BCUT2D eigenvalue weighted by Gasteiger charge is 2.08. The van der Waals surface area contributed by atoms with Gasteiger partial charge in [-0.25, -0.2) is 0 Å². The first-order valence-corrected chi connectivity index (χ1v) is 6.40. The normalized spacial score (nSPS) is 11.1. The topological polar surface area (TPSA) is 94.0 Å². The largest absolute Gasteiger partial charge is 0.368 e. The van der Waals surface area contributed by atoms with Gasteiger partial charge in [-0.05, 0) is 31.0 Å². The maximum absolute atomic E-state index is 5.54. The molecule has 0 radical (unpaired) electrons. The molecule has 2 rings (SSSR count). The van der Waals surface area contributed by atoms with Gasteiger partial charge in [-0.3, -0.25) is 4.90 Å². The predicted molar refractivity (Wildman–Crippen MR) is 72.9 cm³/mol. The average molecular weight is 264 g/mol. The zero-order chi connectivity index (χ0) is 13.1. The summed E-state index contributed by atoms with van der Waals surface area (Å²) in [6.45, 7) is 3.56. The highest BCUT2D eigenvalue weighted by Crippen LogP contribution is 2.17. The molecule has 0 aliphatic heterocycles. The summed E-state index contributed by atoms with van der Waals surface area (Å²) in [4.78, 5) is 15.3. The Morgan fingerprint density at radius 3 is 2.39 bits per heavy atom. The minimum Gasteiger partial charge on any atom is -0.368 e. The van der Waals surface area contributed by atoms with E-state index in [0.717, 1.165) is 6.54 Å². The Balaban J connectivity index is 2.03. The number of nitrogens with two attached hydrogens (primary N) is 2. The lowest BCUT2D eigenvalue weighted by molar-refractivity contribution is 0.313. The molecule has 0 saturated heterocycles. The number of hydrogen-bond acceptors (Lipinski definition) is 7. The molecule has 0 aliphatic carbocycles. The van der Waals surface area contributed by atoms with Crippen molar-refractivity contribution in [1.82, 2.24) is 19.9 Å². The Morgan fingerprint density at radius 1 is 1.17 bits per heavy atom. The molecule has 0 amide bonds. The maximum Gasteiger partial charge on any atom is 0.225 e. The number of anilines is 2. The van der Waals surface area contributed by atoms with Crippen molar-refractivity contribution in [2.45, 2.75) is 20.0 Å². The van der Waals surface area contributed by atoms with Crippen molar-refractivity contribution in [2.24, 2.45) is 0 Å². The Labute approximate surface area is 110 Å². The van der Waals surface area contributed by atoms with Crippen molar-refractivity contribution >= 4 is 23.2 Å². The summed E-state index contributed by atoms with van der Waals surface area (Å²) in [5, 5.41) is 2.09. The molecule has 0 aliphatic rings. The zero-order valence-corrected chi connectivity index (χ0v) is 11.2. The van der Waals surface area contributed by atoms with E-state index in [9.17, 15) is 0 Å². The third kappa shape index (κ3) is 3.14. The molecule has 0 unspecified atom stereocenters. The minimum absolute atomic E-state index is 0.165. The fraction of sp³-hybridized carbons (Fsp3) is 0.364. The van der Waals surface area contributed by atoms with Crippen molar-refractivity contribution in [2.75, 3.05) is 18.5 Å². The van der Waals surface area contributed by atoms with Crippen LogP contribution in [0.15, 0.2) is 11.4 Å². The molecule has 4 N–H and O–H groups in total.